The zero-order chi connectivity index (χ0) is 31.7. The number of hydrogen-bond donors (Lipinski definition) is 8. The van der Waals surface area contributed by atoms with E-state index in [0.717, 1.165) is 0 Å². The zero-order valence-electron chi connectivity index (χ0n) is 23.6. The van der Waals surface area contributed by atoms with Crippen LogP contribution in [0.1, 0.15) is 10.4 Å². The number of hydrogen-bond acceptors (Lipinski definition) is 15. The number of benzene rings is 3. The topological polar surface area (TPSA) is 235 Å². The summed E-state index contributed by atoms with van der Waals surface area (Å²) in [5.74, 6) is 0.836. The Bertz CT molecular complexity index is 1650. The number of aliphatic hydroxyl groups is 7. The van der Waals surface area contributed by atoms with Crippen LogP contribution in [0.15, 0.2) is 24.3 Å². The molecule has 10 unspecified atom stereocenters. The molecule has 3 aromatic rings. The first-order valence-electron chi connectivity index (χ1n) is 14.1. The minimum atomic E-state index is -1.77. The van der Waals surface area contributed by atoms with Crippen LogP contribution in [0.25, 0.3) is 21.5 Å². The van der Waals surface area contributed by atoms with Gasteiger partial charge in [-0.05, 0) is 12.1 Å². The van der Waals surface area contributed by atoms with E-state index in [4.69, 9.17) is 33.2 Å². The summed E-state index contributed by atoms with van der Waals surface area (Å²) in [6.45, 7) is -1.24. The normalized spacial score (nSPS) is 33.9. The van der Waals surface area contributed by atoms with Crippen molar-refractivity contribution in [1.29, 1.82) is 0 Å². The first kappa shape index (κ1) is 30.1. The number of amides is 1. The predicted molar refractivity (Wildman–Crippen MR) is 149 cm³/mol. The molecule has 7 rings (SSSR count). The number of ether oxygens (including phenoxy) is 7. The Balaban J connectivity index is 1.21. The average molecular weight is 634 g/mol. The highest BCUT2D eigenvalue weighted by Gasteiger charge is 2.48. The molecule has 0 spiro atoms. The van der Waals surface area contributed by atoms with Crippen LogP contribution in [0.2, 0.25) is 0 Å². The van der Waals surface area contributed by atoms with Gasteiger partial charge >= 0.3 is 0 Å². The number of rotatable bonds is 7. The molecular weight excluding hydrogens is 602 g/mol. The second-order valence-electron chi connectivity index (χ2n) is 11.1. The number of methoxy groups -OCH3 is 1. The molecule has 8 N–H and O–H groups in total. The standard InChI is InChI=1S/C29H31NO15/c1-39-26-15-9(17-16-10(27(38)30-18(16)26)5-12-25(17)42-8-41-12)3-2-4-11(15)43-29-24(37)22(35)20(33)14(45-29)7-40-28-23(36)21(34)19(32)13(6-31)44-28/h2-5,13-14,19-24,28-29,31-37H,6-8H2,1H3,(H,30,38). The van der Waals surface area contributed by atoms with Crippen molar-refractivity contribution < 1.29 is 73.7 Å². The highest BCUT2D eigenvalue weighted by atomic mass is 16.7. The maximum absolute atomic E-state index is 12.9. The molecule has 0 aromatic heterocycles. The van der Waals surface area contributed by atoms with Crippen LogP contribution in [0, 0.1) is 0 Å². The fourth-order valence-electron chi connectivity index (χ4n) is 6.22. The lowest BCUT2D eigenvalue weighted by Gasteiger charge is -2.42. The number of carbonyl (C=O) groups excluding carboxylic acids is 1. The zero-order valence-corrected chi connectivity index (χ0v) is 23.6. The fourth-order valence-corrected chi connectivity index (χ4v) is 6.22. The Morgan fingerprint density at radius 2 is 1.58 bits per heavy atom. The van der Waals surface area contributed by atoms with Gasteiger partial charge in [0.2, 0.25) is 13.1 Å². The van der Waals surface area contributed by atoms with E-state index in [2.05, 4.69) is 5.32 Å². The fraction of sp³-hybridized carbons (Fsp3) is 0.483. The van der Waals surface area contributed by atoms with Crippen LogP contribution in [-0.4, -0.2) is 130 Å². The van der Waals surface area contributed by atoms with Crippen LogP contribution in [0.5, 0.6) is 23.0 Å². The van der Waals surface area contributed by atoms with Crippen molar-refractivity contribution >= 4 is 33.1 Å². The summed E-state index contributed by atoms with van der Waals surface area (Å²) in [6.07, 6.45) is -15.9. The molecule has 0 aliphatic carbocycles. The lowest BCUT2D eigenvalue weighted by molar-refractivity contribution is -0.323. The minimum absolute atomic E-state index is 0.0382. The van der Waals surface area contributed by atoms with E-state index in [1.54, 1.807) is 24.3 Å². The SMILES string of the molecule is COc1c2c3c(cc4c(c3c3cccc(OC5OC(COC6OC(CO)C(O)C(O)C6O)C(O)C(O)C5O)c13)OCO4)C(=O)N2. The predicted octanol–water partition coefficient (Wildman–Crippen LogP) is -1.70. The number of nitrogens with one attached hydrogen (secondary N) is 1. The van der Waals surface area contributed by atoms with Gasteiger partial charge < -0.3 is 74.2 Å². The van der Waals surface area contributed by atoms with Gasteiger partial charge in [0.1, 0.15) is 54.6 Å². The summed E-state index contributed by atoms with van der Waals surface area (Å²) in [7, 11) is 1.42. The van der Waals surface area contributed by atoms with Gasteiger partial charge in [-0.3, -0.25) is 4.79 Å². The molecule has 0 saturated carbocycles. The summed E-state index contributed by atoms with van der Waals surface area (Å²) >= 11 is 0. The highest BCUT2D eigenvalue weighted by Crippen LogP contribution is 2.55. The van der Waals surface area contributed by atoms with Gasteiger partial charge in [-0.1, -0.05) is 12.1 Å². The van der Waals surface area contributed by atoms with E-state index < -0.39 is 74.6 Å². The second kappa shape index (κ2) is 11.4. The Hall–Kier alpha value is -3.55. The second-order valence-corrected chi connectivity index (χ2v) is 11.1. The van der Waals surface area contributed by atoms with Gasteiger partial charge in [-0.2, -0.15) is 0 Å². The Morgan fingerprint density at radius 3 is 2.31 bits per heavy atom. The number of fused-ring (bicyclic) bond motifs is 4. The van der Waals surface area contributed by atoms with Crippen molar-refractivity contribution in [2.75, 3.05) is 32.4 Å². The lowest BCUT2D eigenvalue weighted by atomic mass is 9.95. The minimum Gasteiger partial charge on any atom is -0.494 e. The van der Waals surface area contributed by atoms with E-state index in [1.165, 1.54) is 7.11 Å². The van der Waals surface area contributed by atoms with Gasteiger partial charge in [0.05, 0.1) is 37.0 Å². The van der Waals surface area contributed by atoms with Crippen molar-refractivity contribution in [2.45, 2.75) is 61.4 Å². The number of anilines is 1. The van der Waals surface area contributed by atoms with Crippen LogP contribution < -0.4 is 24.3 Å². The summed E-state index contributed by atoms with van der Waals surface area (Å²) in [4.78, 5) is 12.9. The van der Waals surface area contributed by atoms with E-state index in [1.807, 2.05) is 0 Å². The largest absolute Gasteiger partial charge is 0.494 e. The molecule has 16 heteroatoms. The molecule has 4 aliphatic heterocycles. The molecule has 2 saturated heterocycles. The summed E-state index contributed by atoms with van der Waals surface area (Å²) in [5, 5.41) is 76.9. The third kappa shape index (κ3) is 4.65. The van der Waals surface area contributed by atoms with Gasteiger partial charge in [-0.15, -0.1) is 0 Å². The molecule has 242 valence electrons. The quantitative estimate of drug-likeness (QED) is 0.135. The summed E-state index contributed by atoms with van der Waals surface area (Å²) in [5.41, 5.74) is 0.752. The Kier molecular flexibility index (Phi) is 7.60. The van der Waals surface area contributed by atoms with Crippen molar-refractivity contribution in [3.8, 4) is 23.0 Å². The van der Waals surface area contributed by atoms with Crippen molar-refractivity contribution in [2.24, 2.45) is 0 Å². The first-order chi connectivity index (χ1) is 21.6. The maximum Gasteiger partial charge on any atom is 0.256 e. The third-order valence-electron chi connectivity index (χ3n) is 8.54. The van der Waals surface area contributed by atoms with Crippen molar-refractivity contribution in [3.05, 3.63) is 29.8 Å². The van der Waals surface area contributed by atoms with E-state index >= 15 is 0 Å². The summed E-state index contributed by atoms with van der Waals surface area (Å²) < 4.78 is 39.9. The van der Waals surface area contributed by atoms with Crippen LogP contribution in [-0.2, 0) is 14.2 Å². The summed E-state index contributed by atoms with van der Waals surface area (Å²) in [6, 6.07) is 6.60. The molecule has 16 nitrogen and oxygen atoms in total. The van der Waals surface area contributed by atoms with Gasteiger partial charge in [0.15, 0.2) is 23.5 Å². The van der Waals surface area contributed by atoms with Gasteiger partial charge in [0.25, 0.3) is 5.91 Å². The van der Waals surface area contributed by atoms with E-state index in [-0.39, 0.29) is 24.2 Å². The van der Waals surface area contributed by atoms with Gasteiger partial charge in [0, 0.05) is 16.2 Å². The van der Waals surface area contributed by atoms with E-state index in [9.17, 15) is 40.5 Å². The molecular formula is C29H31NO15. The molecule has 0 radical (unpaired) electrons. The molecule has 2 fully saturated rings. The smallest absolute Gasteiger partial charge is 0.256 e. The molecule has 4 aliphatic rings. The molecule has 3 aromatic carbocycles. The highest BCUT2D eigenvalue weighted by molar-refractivity contribution is 6.33. The Labute approximate surface area is 253 Å². The van der Waals surface area contributed by atoms with E-state index in [0.29, 0.717) is 44.3 Å². The van der Waals surface area contributed by atoms with Crippen molar-refractivity contribution in [1.82, 2.24) is 0 Å². The lowest BCUT2D eigenvalue weighted by Crippen LogP contribution is -2.62. The Morgan fingerprint density at radius 1 is 0.867 bits per heavy atom. The molecule has 0 bridgehead atoms. The molecule has 1 amide bonds. The van der Waals surface area contributed by atoms with Crippen LogP contribution >= 0.6 is 0 Å². The third-order valence-corrected chi connectivity index (χ3v) is 8.54. The molecule has 10 atom stereocenters. The van der Waals surface area contributed by atoms with Crippen LogP contribution in [0.4, 0.5) is 5.69 Å². The monoisotopic (exact) mass is 633 g/mol. The first-order valence-corrected chi connectivity index (χ1v) is 14.1. The number of aliphatic hydroxyl groups excluding tert-OH is 7. The van der Waals surface area contributed by atoms with Crippen LogP contribution in [0.3, 0.4) is 0 Å². The average Bonchev–Trinajstić information content (AvgIpc) is 3.65. The van der Waals surface area contributed by atoms with Crippen molar-refractivity contribution in [3.63, 3.8) is 0 Å². The molecule has 45 heavy (non-hydrogen) atoms. The molecule has 4 heterocycles. The number of carbonyl (C=O) groups is 1. The van der Waals surface area contributed by atoms with Gasteiger partial charge in [-0.25, -0.2) is 0 Å². The maximum atomic E-state index is 12.9.